The average molecular weight is 283 g/mol. The second kappa shape index (κ2) is 5.49. The van der Waals surface area contributed by atoms with Gasteiger partial charge in [0.2, 0.25) is 0 Å². The summed E-state index contributed by atoms with van der Waals surface area (Å²) in [5.74, 6) is -1.37. The monoisotopic (exact) mass is 283 g/mol. The van der Waals surface area contributed by atoms with E-state index in [2.05, 4.69) is 4.98 Å². The van der Waals surface area contributed by atoms with E-state index in [0.717, 1.165) is 15.6 Å². The molecule has 18 heavy (non-hydrogen) atoms. The first kappa shape index (κ1) is 13.0. The van der Waals surface area contributed by atoms with Gasteiger partial charge in [-0.3, -0.25) is 0 Å². The lowest BCUT2D eigenvalue weighted by molar-refractivity contribution is 0.0692. The topological polar surface area (TPSA) is 50.2 Å². The Morgan fingerprint density at radius 3 is 2.89 bits per heavy atom. The first-order valence-electron chi connectivity index (χ1n) is 5.13. The van der Waals surface area contributed by atoms with Crippen LogP contribution in [-0.2, 0) is 5.75 Å². The molecule has 1 heterocycles. The quantitative estimate of drug-likeness (QED) is 0.871. The predicted molar refractivity (Wildman–Crippen MR) is 69.8 cm³/mol. The van der Waals surface area contributed by atoms with Crippen LogP contribution in [0.4, 0.5) is 4.39 Å². The van der Waals surface area contributed by atoms with Crippen LogP contribution in [-0.4, -0.2) is 16.1 Å². The van der Waals surface area contributed by atoms with Crippen molar-refractivity contribution in [1.82, 2.24) is 4.98 Å². The van der Waals surface area contributed by atoms with Gasteiger partial charge in [0.1, 0.15) is 10.2 Å². The smallest absolute Gasteiger partial charge is 0.338 e. The fourth-order valence-corrected chi connectivity index (χ4v) is 3.16. The molecule has 1 aromatic carbocycles. The van der Waals surface area contributed by atoms with Gasteiger partial charge in [-0.05, 0) is 24.6 Å². The highest BCUT2D eigenvalue weighted by molar-refractivity contribution is 8.00. The van der Waals surface area contributed by atoms with Gasteiger partial charge in [0.25, 0.3) is 0 Å². The lowest BCUT2D eigenvalue weighted by Crippen LogP contribution is -2.00. The van der Waals surface area contributed by atoms with Gasteiger partial charge < -0.3 is 5.11 Å². The number of benzene rings is 1. The van der Waals surface area contributed by atoms with Crippen molar-refractivity contribution in [2.75, 3.05) is 0 Å². The van der Waals surface area contributed by atoms with Crippen LogP contribution in [0.25, 0.3) is 0 Å². The van der Waals surface area contributed by atoms with Gasteiger partial charge >= 0.3 is 5.97 Å². The Kier molecular flexibility index (Phi) is 3.98. The number of thioether (sulfide) groups is 1. The third-order valence-corrected chi connectivity index (χ3v) is 4.43. The van der Waals surface area contributed by atoms with Crippen LogP contribution in [0.3, 0.4) is 0 Å². The average Bonchev–Trinajstić information content (AvgIpc) is 2.72. The molecule has 0 saturated carbocycles. The Balaban J connectivity index is 2.06. The zero-order chi connectivity index (χ0) is 13.1. The maximum atomic E-state index is 13.4. The number of carboxylic acids is 1. The summed E-state index contributed by atoms with van der Waals surface area (Å²) in [5, 5.41) is 10.7. The molecule has 0 spiro atoms. The van der Waals surface area contributed by atoms with Crippen molar-refractivity contribution in [2.24, 2.45) is 0 Å². The Morgan fingerprint density at radius 2 is 2.33 bits per heavy atom. The number of aromatic nitrogens is 1. The minimum Gasteiger partial charge on any atom is -0.478 e. The molecule has 0 saturated heterocycles. The summed E-state index contributed by atoms with van der Waals surface area (Å²) < 4.78 is 14.4. The molecule has 2 rings (SSSR count). The molecule has 1 N–H and O–H groups in total. The SMILES string of the molecule is Cc1csc(SCc2ccc(C(=O)O)c(F)c2)n1. The number of carbonyl (C=O) groups is 1. The van der Waals surface area contributed by atoms with Crippen molar-refractivity contribution in [2.45, 2.75) is 17.0 Å². The molecule has 2 aromatic rings. The van der Waals surface area contributed by atoms with E-state index >= 15 is 0 Å². The Labute approximate surface area is 112 Å². The molecule has 0 aliphatic heterocycles. The molecular formula is C12H10FNO2S2. The van der Waals surface area contributed by atoms with Crippen molar-refractivity contribution in [1.29, 1.82) is 0 Å². The van der Waals surface area contributed by atoms with Crippen LogP contribution in [0.2, 0.25) is 0 Å². The first-order chi connectivity index (χ1) is 8.56. The maximum absolute atomic E-state index is 13.4. The maximum Gasteiger partial charge on any atom is 0.338 e. The molecule has 0 amide bonds. The van der Waals surface area contributed by atoms with Gasteiger partial charge in [0.05, 0.1) is 5.56 Å². The minimum absolute atomic E-state index is 0.297. The van der Waals surface area contributed by atoms with Gasteiger partial charge in [-0.2, -0.15) is 0 Å². The van der Waals surface area contributed by atoms with E-state index in [1.54, 1.807) is 17.4 Å². The highest BCUT2D eigenvalue weighted by atomic mass is 32.2. The first-order valence-corrected chi connectivity index (χ1v) is 6.99. The summed E-state index contributed by atoms with van der Waals surface area (Å²) >= 11 is 3.06. The number of nitrogens with zero attached hydrogens (tertiary/aromatic N) is 1. The van der Waals surface area contributed by atoms with E-state index in [9.17, 15) is 9.18 Å². The van der Waals surface area contributed by atoms with Gasteiger partial charge in [-0.15, -0.1) is 11.3 Å². The molecular weight excluding hydrogens is 273 g/mol. The summed E-state index contributed by atoms with van der Waals surface area (Å²) in [4.78, 5) is 14.9. The van der Waals surface area contributed by atoms with Crippen molar-refractivity contribution < 1.29 is 14.3 Å². The standard InChI is InChI=1S/C12H10FNO2S2/c1-7-5-17-12(14-7)18-6-8-2-3-9(11(15)16)10(13)4-8/h2-5H,6H2,1H3,(H,15,16). The third kappa shape index (κ3) is 3.08. The van der Waals surface area contributed by atoms with Crippen molar-refractivity contribution in [3.05, 3.63) is 46.2 Å². The molecule has 0 fully saturated rings. The fraction of sp³-hybridized carbons (Fsp3) is 0.167. The van der Waals surface area contributed by atoms with Crippen LogP contribution in [0.1, 0.15) is 21.6 Å². The zero-order valence-electron chi connectivity index (χ0n) is 9.51. The molecule has 6 heteroatoms. The Bertz CT molecular complexity index is 583. The third-order valence-electron chi connectivity index (χ3n) is 2.22. The zero-order valence-corrected chi connectivity index (χ0v) is 11.1. The number of aryl methyl sites for hydroxylation is 1. The number of rotatable bonds is 4. The lowest BCUT2D eigenvalue weighted by Gasteiger charge is -2.02. The van der Waals surface area contributed by atoms with E-state index in [4.69, 9.17) is 5.11 Å². The van der Waals surface area contributed by atoms with Crippen molar-refractivity contribution in [3.8, 4) is 0 Å². The summed E-state index contributed by atoms with van der Waals surface area (Å²) in [6, 6.07) is 4.18. The van der Waals surface area contributed by atoms with Crippen LogP contribution in [0, 0.1) is 12.7 Å². The largest absolute Gasteiger partial charge is 0.478 e. The summed E-state index contributed by atoms with van der Waals surface area (Å²) in [7, 11) is 0. The number of aromatic carboxylic acids is 1. The van der Waals surface area contributed by atoms with E-state index in [1.165, 1.54) is 23.9 Å². The summed E-state index contributed by atoms with van der Waals surface area (Å²) in [5.41, 5.74) is 1.42. The Morgan fingerprint density at radius 1 is 1.56 bits per heavy atom. The van der Waals surface area contributed by atoms with Crippen LogP contribution in [0.15, 0.2) is 27.9 Å². The number of halogens is 1. The molecule has 0 aliphatic carbocycles. The predicted octanol–water partition coefficient (Wildman–Crippen LogP) is 3.58. The van der Waals surface area contributed by atoms with Gasteiger partial charge in [0.15, 0.2) is 0 Å². The highest BCUT2D eigenvalue weighted by Crippen LogP contribution is 2.26. The van der Waals surface area contributed by atoms with Crippen LogP contribution >= 0.6 is 23.1 Å². The molecule has 0 unspecified atom stereocenters. The number of hydrogen-bond acceptors (Lipinski definition) is 4. The van der Waals surface area contributed by atoms with Gasteiger partial charge in [-0.25, -0.2) is 14.2 Å². The summed E-state index contributed by atoms with van der Waals surface area (Å²) in [6.07, 6.45) is 0. The van der Waals surface area contributed by atoms with Crippen molar-refractivity contribution in [3.63, 3.8) is 0 Å². The van der Waals surface area contributed by atoms with E-state index in [-0.39, 0.29) is 5.56 Å². The minimum atomic E-state index is -1.25. The normalized spacial score (nSPS) is 10.6. The Hall–Kier alpha value is -1.40. The highest BCUT2D eigenvalue weighted by Gasteiger charge is 2.10. The molecule has 0 radical (unpaired) electrons. The fourth-order valence-electron chi connectivity index (χ4n) is 1.37. The molecule has 0 atom stereocenters. The van der Waals surface area contributed by atoms with Crippen LogP contribution < -0.4 is 0 Å². The molecule has 94 valence electrons. The molecule has 1 aromatic heterocycles. The van der Waals surface area contributed by atoms with Gasteiger partial charge in [0, 0.05) is 16.8 Å². The lowest BCUT2D eigenvalue weighted by atomic mass is 10.1. The molecule has 3 nitrogen and oxygen atoms in total. The number of thiazole rings is 1. The number of carboxylic acid groups (broad SMARTS) is 1. The second-order valence-electron chi connectivity index (χ2n) is 3.66. The summed E-state index contributed by atoms with van der Waals surface area (Å²) in [6.45, 7) is 1.92. The van der Waals surface area contributed by atoms with E-state index in [0.29, 0.717) is 5.75 Å². The van der Waals surface area contributed by atoms with Crippen molar-refractivity contribution >= 4 is 29.1 Å². The molecule has 0 aliphatic rings. The van der Waals surface area contributed by atoms with E-state index in [1.807, 2.05) is 12.3 Å². The second-order valence-corrected chi connectivity index (χ2v) is 5.74. The molecule has 0 bridgehead atoms. The van der Waals surface area contributed by atoms with Gasteiger partial charge in [-0.1, -0.05) is 17.8 Å². The number of hydrogen-bond donors (Lipinski definition) is 1. The van der Waals surface area contributed by atoms with Crippen LogP contribution in [0.5, 0.6) is 0 Å². The van der Waals surface area contributed by atoms with E-state index < -0.39 is 11.8 Å².